The number of thioether (sulfide) groups is 1. The van der Waals surface area contributed by atoms with Crippen molar-refractivity contribution in [2.75, 3.05) is 44.1 Å². The van der Waals surface area contributed by atoms with E-state index in [0.29, 0.717) is 30.7 Å². The molecule has 1 fully saturated rings. The number of ether oxygens (including phenoxy) is 2. The van der Waals surface area contributed by atoms with E-state index in [1.54, 1.807) is 6.92 Å². The maximum absolute atomic E-state index is 12.2. The van der Waals surface area contributed by atoms with Gasteiger partial charge in [-0.2, -0.15) is 0 Å². The van der Waals surface area contributed by atoms with E-state index in [2.05, 4.69) is 9.97 Å². The predicted octanol–water partition coefficient (Wildman–Crippen LogP) is 2.26. The molecule has 0 saturated carbocycles. The maximum atomic E-state index is 12.2. The van der Waals surface area contributed by atoms with Gasteiger partial charge in [-0.15, -0.1) is 0 Å². The van der Waals surface area contributed by atoms with Gasteiger partial charge in [0, 0.05) is 19.7 Å². The van der Waals surface area contributed by atoms with E-state index in [9.17, 15) is 4.79 Å². The summed E-state index contributed by atoms with van der Waals surface area (Å²) in [6.07, 6.45) is 2.74. The number of hydrogen-bond donors (Lipinski definition) is 0. The van der Waals surface area contributed by atoms with Crippen molar-refractivity contribution in [3.8, 4) is 0 Å². The van der Waals surface area contributed by atoms with Crippen molar-refractivity contribution in [2.24, 2.45) is 0 Å². The van der Waals surface area contributed by atoms with Crippen LogP contribution >= 0.6 is 23.4 Å². The lowest BCUT2D eigenvalue weighted by atomic mass is 10.2. The first-order valence-electron chi connectivity index (χ1n) is 6.78. The fourth-order valence-corrected chi connectivity index (χ4v) is 2.71. The molecule has 1 saturated heterocycles. The van der Waals surface area contributed by atoms with Gasteiger partial charge in [-0.25, -0.2) is 14.8 Å². The molecule has 0 radical (unpaired) electrons. The Labute approximate surface area is 133 Å². The van der Waals surface area contributed by atoms with Gasteiger partial charge in [0.25, 0.3) is 0 Å². The van der Waals surface area contributed by atoms with Gasteiger partial charge in [0.1, 0.15) is 16.5 Å². The molecule has 0 unspecified atom stereocenters. The summed E-state index contributed by atoms with van der Waals surface area (Å²) >= 11 is 7.56. The fraction of sp³-hybridized carbons (Fsp3) is 0.615. The molecule has 0 amide bonds. The third-order valence-electron chi connectivity index (χ3n) is 3.01. The van der Waals surface area contributed by atoms with Gasteiger partial charge in [-0.3, -0.25) is 0 Å². The van der Waals surface area contributed by atoms with Crippen LogP contribution in [0.1, 0.15) is 23.7 Å². The molecule has 0 aromatic carbocycles. The van der Waals surface area contributed by atoms with Gasteiger partial charge in [-0.05, 0) is 19.6 Å². The van der Waals surface area contributed by atoms with E-state index in [-0.39, 0.29) is 17.3 Å². The number of hydrogen-bond acceptors (Lipinski definition) is 7. The smallest absolute Gasteiger partial charge is 0.345 e. The first-order chi connectivity index (χ1) is 10.2. The minimum absolute atomic E-state index is 0.132. The molecule has 2 heterocycles. The Morgan fingerprint density at radius 3 is 2.95 bits per heavy atom. The molecule has 0 bridgehead atoms. The molecule has 0 spiro atoms. The second kappa shape index (κ2) is 7.82. The third-order valence-corrected chi connectivity index (χ3v) is 3.83. The lowest BCUT2D eigenvalue weighted by molar-refractivity contribution is 0.0526. The van der Waals surface area contributed by atoms with Crippen LogP contribution in [0.25, 0.3) is 0 Å². The predicted molar refractivity (Wildman–Crippen MR) is 82.4 cm³/mol. The second-order valence-electron chi connectivity index (χ2n) is 4.37. The number of carbonyl (C=O) groups is 1. The topological polar surface area (TPSA) is 64.5 Å². The van der Waals surface area contributed by atoms with Crippen LogP contribution < -0.4 is 4.90 Å². The highest BCUT2D eigenvalue weighted by molar-refractivity contribution is 7.98. The SMILES string of the molecule is CCOC(=O)c1c(Cl)nc(SC)nc1N1CCCOCC1. The summed E-state index contributed by atoms with van der Waals surface area (Å²) < 4.78 is 10.5. The number of carbonyl (C=O) groups excluding carboxylic acids is 1. The summed E-state index contributed by atoms with van der Waals surface area (Å²) in [5, 5.41) is 0.668. The zero-order valence-corrected chi connectivity index (χ0v) is 13.7. The van der Waals surface area contributed by atoms with Crippen LogP contribution in [0.4, 0.5) is 5.82 Å². The lowest BCUT2D eigenvalue weighted by Crippen LogP contribution is -2.29. The van der Waals surface area contributed by atoms with Crippen LogP contribution in [0.15, 0.2) is 5.16 Å². The Hall–Kier alpha value is -1.05. The van der Waals surface area contributed by atoms with E-state index in [4.69, 9.17) is 21.1 Å². The summed E-state index contributed by atoms with van der Waals surface area (Å²) in [6, 6.07) is 0. The average molecular weight is 332 g/mol. The summed E-state index contributed by atoms with van der Waals surface area (Å²) in [4.78, 5) is 22.8. The highest BCUT2D eigenvalue weighted by Gasteiger charge is 2.25. The Morgan fingerprint density at radius 1 is 1.43 bits per heavy atom. The molecule has 0 atom stereocenters. The number of nitrogens with zero attached hydrogens (tertiary/aromatic N) is 3. The molecule has 0 N–H and O–H groups in total. The maximum Gasteiger partial charge on any atom is 0.345 e. The van der Waals surface area contributed by atoms with Crippen molar-refractivity contribution < 1.29 is 14.3 Å². The van der Waals surface area contributed by atoms with E-state index in [1.165, 1.54) is 11.8 Å². The molecule has 6 nitrogen and oxygen atoms in total. The minimum Gasteiger partial charge on any atom is -0.462 e. The van der Waals surface area contributed by atoms with Crippen molar-refractivity contribution in [3.63, 3.8) is 0 Å². The largest absolute Gasteiger partial charge is 0.462 e. The molecule has 8 heteroatoms. The van der Waals surface area contributed by atoms with Gasteiger partial charge < -0.3 is 14.4 Å². The van der Waals surface area contributed by atoms with Crippen LogP contribution in [0, 0.1) is 0 Å². The van der Waals surface area contributed by atoms with Crippen molar-refractivity contribution in [2.45, 2.75) is 18.5 Å². The molecule has 2 rings (SSSR count). The zero-order valence-electron chi connectivity index (χ0n) is 12.1. The molecule has 1 aromatic rings. The Balaban J connectivity index is 2.43. The Bertz CT molecular complexity index is 508. The van der Waals surface area contributed by atoms with Crippen LogP contribution in [0.5, 0.6) is 0 Å². The molecular weight excluding hydrogens is 314 g/mol. The van der Waals surface area contributed by atoms with Gasteiger partial charge in [0.15, 0.2) is 5.16 Å². The second-order valence-corrected chi connectivity index (χ2v) is 5.50. The van der Waals surface area contributed by atoms with Crippen LogP contribution in [0.3, 0.4) is 0 Å². The van der Waals surface area contributed by atoms with E-state index < -0.39 is 5.97 Å². The first kappa shape index (κ1) is 16.3. The molecule has 1 aliphatic rings. The van der Waals surface area contributed by atoms with Gasteiger partial charge in [0.2, 0.25) is 0 Å². The van der Waals surface area contributed by atoms with E-state index in [1.807, 2.05) is 11.2 Å². The van der Waals surface area contributed by atoms with Crippen LogP contribution in [0.2, 0.25) is 5.15 Å². The van der Waals surface area contributed by atoms with Gasteiger partial charge >= 0.3 is 5.97 Å². The number of rotatable bonds is 4. The van der Waals surface area contributed by atoms with Gasteiger partial charge in [-0.1, -0.05) is 23.4 Å². The minimum atomic E-state index is -0.490. The number of anilines is 1. The normalized spacial score (nSPS) is 15.7. The number of aromatic nitrogens is 2. The first-order valence-corrected chi connectivity index (χ1v) is 8.39. The third kappa shape index (κ3) is 3.99. The molecule has 1 aliphatic heterocycles. The summed E-state index contributed by atoms with van der Waals surface area (Å²) in [6.45, 7) is 4.75. The fourth-order valence-electron chi connectivity index (χ4n) is 2.06. The molecule has 1 aromatic heterocycles. The standard InChI is InChI=1S/C13H18ClN3O3S/c1-3-20-12(18)9-10(14)15-13(21-2)16-11(9)17-5-4-7-19-8-6-17/h3-8H2,1-2H3. The summed E-state index contributed by atoms with van der Waals surface area (Å²) in [7, 11) is 0. The molecular formula is C13H18ClN3O3S. The van der Waals surface area contributed by atoms with Crippen molar-refractivity contribution in [1.82, 2.24) is 9.97 Å². The Kier molecular flexibility index (Phi) is 6.08. The van der Waals surface area contributed by atoms with E-state index in [0.717, 1.165) is 13.0 Å². The lowest BCUT2D eigenvalue weighted by Gasteiger charge is -2.23. The van der Waals surface area contributed by atoms with Crippen LogP contribution in [-0.2, 0) is 9.47 Å². The van der Waals surface area contributed by atoms with Crippen molar-refractivity contribution in [3.05, 3.63) is 10.7 Å². The Morgan fingerprint density at radius 2 is 2.24 bits per heavy atom. The highest BCUT2D eigenvalue weighted by Crippen LogP contribution is 2.28. The molecule has 21 heavy (non-hydrogen) atoms. The monoisotopic (exact) mass is 331 g/mol. The summed E-state index contributed by atoms with van der Waals surface area (Å²) in [5.41, 5.74) is 0.234. The number of halogens is 1. The summed E-state index contributed by atoms with van der Waals surface area (Å²) in [5.74, 6) is 0.0404. The van der Waals surface area contributed by atoms with Crippen molar-refractivity contribution in [1.29, 1.82) is 0 Å². The van der Waals surface area contributed by atoms with Crippen LogP contribution in [-0.4, -0.2) is 55.1 Å². The number of esters is 1. The average Bonchev–Trinajstić information content (AvgIpc) is 2.75. The zero-order chi connectivity index (χ0) is 15.2. The van der Waals surface area contributed by atoms with Crippen molar-refractivity contribution >= 4 is 35.1 Å². The van der Waals surface area contributed by atoms with Gasteiger partial charge in [0.05, 0.1) is 13.2 Å². The molecule has 116 valence electrons. The molecule has 0 aliphatic carbocycles. The highest BCUT2D eigenvalue weighted by atomic mass is 35.5. The van der Waals surface area contributed by atoms with E-state index >= 15 is 0 Å². The quantitative estimate of drug-likeness (QED) is 0.363.